The molecule has 1 amide bonds. The van der Waals surface area contributed by atoms with Crippen molar-refractivity contribution in [3.8, 4) is 0 Å². The Morgan fingerprint density at radius 3 is 2.83 bits per heavy atom. The first-order valence-electron chi connectivity index (χ1n) is 7.79. The van der Waals surface area contributed by atoms with Crippen molar-refractivity contribution in [1.82, 2.24) is 25.6 Å². The third-order valence-corrected chi connectivity index (χ3v) is 3.81. The van der Waals surface area contributed by atoms with Crippen LogP contribution in [0.2, 0.25) is 0 Å². The summed E-state index contributed by atoms with van der Waals surface area (Å²) in [7, 11) is 0. The van der Waals surface area contributed by atoms with Crippen LogP contribution in [0.15, 0.2) is 48.8 Å². The fourth-order valence-electron chi connectivity index (χ4n) is 2.54. The number of carbonyl (C=O) groups is 1. The molecule has 1 aromatic carbocycles. The van der Waals surface area contributed by atoms with E-state index >= 15 is 0 Å². The van der Waals surface area contributed by atoms with Crippen molar-refractivity contribution in [1.29, 1.82) is 0 Å². The number of aromatic amines is 1. The number of nitrogens with zero attached hydrogens (tertiary/aromatic N) is 4. The topological polar surface area (TPSA) is 96.5 Å². The second-order valence-corrected chi connectivity index (χ2v) is 5.39. The van der Waals surface area contributed by atoms with E-state index in [0.29, 0.717) is 12.2 Å². The third kappa shape index (κ3) is 3.62. The Morgan fingerprint density at radius 1 is 1.25 bits per heavy atom. The highest BCUT2D eigenvalue weighted by Gasteiger charge is 2.26. The molecule has 2 aromatic heterocycles. The number of rotatable bonds is 6. The number of hydrogen-bond donors (Lipinski definition) is 2. The van der Waals surface area contributed by atoms with Crippen molar-refractivity contribution in [3.05, 3.63) is 65.7 Å². The zero-order valence-corrected chi connectivity index (χ0v) is 13.3. The molecule has 0 bridgehead atoms. The van der Waals surface area contributed by atoms with Crippen LogP contribution < -0.4 is 5.32 Å². The summed E-state index contributed by atoms with van der Waals surface area (Å²) in [5, 5.41) is 17.0. The van der Waals surface area contributed by atoms with Crippen LogP contribution in [-0.4, -0.2) is 31.5 Å². The van der Waals surface area contributed by atoms with Crippen molar-refractivity contribution >= 4 is 11.6 Å². The lowest BCUT2D eigenvalue weighted by Crippen LogP contribution is -2.24. The highest BCUT2D eigenvalue weighted by molar-refractivity contribution is 5.96. The molecule has 7 nitrogen and oxygen atoms in total. The maximum Gasteiger partial charge on any atom is 0.235 e. The van der Waals surface area contributed by atoms with Crippen molar-refractivity contribution in [2.45, 2.75) is 25.7 Å². The third-order valence-electron chi connectivity index (χ3n) is 3.81. The van der Waals surface area contributed by atoms with E-state index in [0.717, 1.165) is 23.2 Å². The first-order chi connectivity index (χ1) is 11.8. The molecule has 0 spiro atoms. The summed E-state index contributed by atoms with van der Waals surface area (Å²) in [5.41, 5.74) is 2.83. The molecule has 3 aromatic rings. The van der Waals surface area contributed by atoms with Gasteiger partial charge in [0, 0.05) is 18.1 Å². The molecule has 7 heteroatoms. The predicted molar refractivity (Wildman–Crippen MR) is 89.3 cm³/mol. The van der Waals surface area contributed by atoms with Crippen LogP contribution in [-0.2, 0) is 17.6 Å². The molecule has 0 saturated heterocycles. The van der Waals surface area contributed by atoms with E-state index in [2.05, 4.69) is 37.8 Å². The minimum absolute atomic E-state index is 0.166. The van der Waals surface area contributed by atoms with Gasteiger partial charge in [-0.05, 0) is 36.1 Å². The summed E-state index contributed by atoms with van der Waals surface area (Å²) < 4.78 is 0. The van der Waals surface area contributed by atoms with Crippen LogP contribution in [0.1, 0.15) is 29.8 Å². The molecule has 0 aliphatic carbocycles. The molecule has 0 aliphatic rings. The first kappa shape index (κ1) is 15.8. The van der Waals surface area contributed by atoms with Gasteiger partial charge in [-0.1, -0.05) is 36.4 Å². The van der Waals surface area contributed by atoms with Crippen LogP contribution in [0, 0.1) is 0 Å². The van der Waals surface area contributed by atoms with E-state index in [1.165, 1.54) is 0 Å². The summed E-state index contributed by atoms with van der Waals surface area (Å²) in [6.45, 7) is 2.05. The van der Waals surface area contributed by atoms with Gasteiger partial charge in [0.15, 0.2) is 5.82 Å². The number of amides is 1. The van der Waals surface area contributed by atoms with Crippen molar-refractivity contribution < 1.29 is 4.79 Å². The molecule has 0 aliphatic heterocycles. The van der Waals surface area contributed by atoms with Gasteiger partial charge in [-0.2, -0.15) is 5.21 Å². The fourth-order valence-corrected chi connectivity index (χ4v) is 2.54. The summed E-state index contributed by atoms with van der Waals surface area (Å²) >= 11 is 0. The van der Waals surface area contributed by atoms with Gasteiger partial charge in [0.1, 0.15) is 5.92 Å². The number of benzene rings is 1. The van der Waals surface area contributed by atoms with E-state index in [9.17, 15) is 4.79 Å². The lowest BCUT2D eigenvalue weighted by molar-refractivity contribution is -0.117. The maximum atomic E-state index is 12.8. The quantitative estimate of drug-likeness (QED) is 0.724. The second-order valence-electron chi connectivity index (χ2n) is 5.39. The Bertz CT molecular complexity index is 788. The minimum Gasteiger partial charge on any atom is -0.325 e. The molecule has 0 fully saturated rings. The highest BCUT2D eigenvalue weighted by atomic mass is 16.1. The first-order valence-corrected chi connectivity index (χ1v) is 7.79. The zero-order valence-electron chi connectivity index (χ0n) is 13.3. The standard InChI is InChI=1S/C17H18N6O/c1-2-13-7-3-4-8-15(13)19-17(24)14(16-20-22-23-21-16)10-12-6-5-9-18-11-12/h3-9,11,14H,2,10H2,1H3,(H,19,24)(H,20,21,22,23)/t14-/m0/s1. The highest BCUT2D eigenvalue weighted by Crippen LogP contribution is 2.21. The summed E-state index contributed by atoms with van der Waals surface area (Å²) in [6.07, 6.45) is 4.73. The van der Waals surface area contributed by atoms with Gasteiger partial charge in [0.05, 0.1) is 0 Å². The van der Waals surface area contributed by atoms with E-state index in [1.54, 1.807) is 12.4 Å². The lowest BCUT2D eigenvalue weighted by atomic mass is 9.98. The summed E-state index contributed by atoms with van der Waals surface area (Å²) in [6, 6.07) is 11.5. The summed E-state index contributed by atoms with van der Waals surface area (Å²) in [5.74, 6) is -0.343. The second kappa shape index (κ2) is 7.45. The number of aryl methyl sites for hydroxylation is 1. The Balaban J connectivity index is 1.84. The van der Waals surface area contributed by atoms with Crippen LogP contribution in [0.5, 0.6) is 0 Å². The van der Waals surface area contributed by atoms with E-state index < -0.39 is 5.92 Å². The minimum atomic E-state index is -0.544. The predicted octanol–water partition coefficient (Wildman–Crippen LogP) is 2.12. The molecule has 2 heterocycles. The largest absolute Gasteiger partial charge is 0.325 e. The molecule has 0 saturated carbocycles. The van der Waals surface area contributed by atoms with E-state index in [1.807, 2.05) is 36.4 Å². The van der Waals surface area contributed by atoms with Crippen LogP contribution >= 0.6 is 0 Å². The molecule has 2 N–H and O–H groups in total. The zero-order chi connectivity index (χ0) is 16.8. The fraction of sp³-hybridized carbons (Fsp3) is 0.235. The Morgan fingerprint density at radius 2 is 2.12 bits per heavy atom. The molecule has 0 unspecified atom stereocenters. The smallest absolute Gasteiger partial charge is 0.235 e. The number of pyridine rings is 1. The number of nitrogens with one attached hydrogen (secondary N) is 2. The van der Waals surface area contributed by atoms with Crippen molar-refractivity contribution in [2.24, 2.45) is 0 Å². The monoisotopic (exact) mass is 322 g/mol. The molecular weight excluding hydrogens is 304 g/mol. The molecule has 3 rings (SSSR count). The average molecular weight is 322 g/mol. The van der Waals surface area contributed by atoms with Gasteiger partial charge in [0.2, 0.25) is 5.91 Å². The number of tetrazole rings is 1. The SMILES string of the molecule is CCc1ccccc1NC(=O)[C@@H](Cc1cccnc1)c1nn[nH]n1. The van der Waals surface area contributed by atoms with Crippen LogP contribution in [0.3, 0.4) is 0 Å². The molecule has 122 valence electrons. The number of carbonyl (C=O) groups excluding carboxylic acids is 1. The summed E-state index contributed by atoms with van der Waals surface area (Å²) in [4.78, 5) is 16.9. The van der Waals surface area contributed by atoms with E-state index in [-0.39, 0.29) is 5.91 Å². The van der Waals surface area contributed by atoms with Crippen LogP contribution in [0.25, 0.3) is 0 Å². The molecule has 1 atom stereocenters. The maximum absolute atomic E-state index is 12.8. The van der Waals surface area contributed by atoms with Crippen LogP contribution in [0.4, 0.5) is 5.69 Å². The number of aromatic nitrogens is 5. The molecular formula is C17H18N6O. The van der Waals surface area contributed by atoms with E-state index in [4.69, 9.17) is 0 Å². The van der Waals surface area contributed by atoms with Gasteiger partial charge in [0.25, 0.3) is 0 Å². The number of anilines is 1. The van der Waals surface area contributed by atoms with Crippen molar-refractivity contribution in [2.75, 3.05) is 5.32 Å². The number of hydrogen-bond acceptors (Lipinski definition) is 5. The van der Waals surface area contributed by atoms with Gasteiger partial charge >= 0.3 is 0 Å². The van der Waals surface area contributed by atoms with Gasteiger partial charge < -0.3 is 5.32 Å². The molecule has 24 heavy (non-hydrogen) atoms. The Labute approximate surface area is 139 Å². The lowest BCUT2D eigenvalue weighted by Gasteiger charge is -2.15. The molecule has 0 radical (unpaired) electrons. The Kier molecular flexibility index (Phi) is 4.90. The van der Waals surface area contributed by atoms with Gasteiger partial charge in [-0.15, -0.1) is 10.2 Å². The van der Waals surface area contributed by atoms with Gasteiger partial charge in [-0.25, -0.2) is 0 Å². The van der Waals surface area contributed by atoms with Gasteiger partial charge in [-0.3, -0.25) is 9.78 Å². The average Bonchev–Trinajstić information content (AvgIpc) is 3.15. The normalized spacial score (nSPS) is 11.9. The number of para-hydroxylation sites is 1. The van der Waals surface area contributed by atoms with Crippen molar-refractivity contribution in [3.63, 3.8) is 0 Å². The number of H-pyrrole nitrogens is 1. The Hall–Kier alpha value is -3.09.